The molecular weight excluding hydrogens is 614 g/mol. The van der Waals surface area contributed by atoms with E-state index in [2.05, 4.69) is 31.2 Å². The zero-order valence-electron chi connectivity index (χ0n) is 28.8. The molecule has 1 aromatic heterocycles. The van der Waals surface area contributed by atoms with Crippen molar-refractivity contribution < 1.29 is 28.8 Å². The molecule has 1 saturated heterocycles. The van der Waals surface area contributed by atoms with Gasteiger partial charge < -0.3 is 26.2 Å². The Bertz CT molecular complexity index is 1300. The zero-order valence-corrected chi connectivity index (χ0v) is 28.8. The predicted octanol–water partition coefficient (Wildman–Crippen LogP) is 2.45. The minimum atomic E-state index is -0.990. The normalized spacial score (nSPS) is 21.6. The van der Waals surface area contributed by atoms with Crippen LogP contribution in [0.1, 0.15) is 115 Å². The van der Waals surface area contributed by atoms with Gasteiger partial charge in [-0.2, -0.15) is 0 Å². The highest BCUT2D eigenvalue weighted by Crippen LogP contribution is 2.31. The average Bonchev–Trinajstić information content (AvgIpc) is 3.81. The highest BCUT2D eigenvalue weighted by molar-refractivity contribution is 6.38. The van der Waals surface area contributed by atoms with Gasteiger partial charge in [-0.1, -0.05) is 59.8 Å². The summed E-state index contributed by atoms with van der Waals surface area (Å²) in [5, 5.41) is 11.4. The van der Waals surface area contributed by atoms with E-state index in [0.29, 0.717) is 32.2 Å². The van der Waals surface area contributed by atoms with Gasteiger partial charge in [0.15, 0.2) is 0 Å². The molecule has 3 fully saturated rings. The maximum absolute atomic E-state index is 14.3. The van der Waals surface area contributed by atoms with E-state index < -0.39 is 53.6 Å². The Morgan fingerprint density at radius 1 is 0.896 bits per heavy atom. The highest BCUT2D eigenvalue weighted by atomic mass is 16.2. The zero-order chi connectivity index (χ0) is 34.8. The van der Waals surface area contributed by atoms with E-state index in [1.54, 1.807) is 0 Å². The summed E-state index contributed by atoms with van der Waals surface area (Å²) in [6.45, 7) is 7.88. The topological polar surface area (TPSA) is 180 Å². The molecule has 1 aliphatic heterocycles. The third-order valence-corrected chi connectivity index (χ3v) is 9.80. The molecule has 13 heteroatoms. The SMILES string of the molecule is CCCC(NC(=O)C1[C@@H](CCC)CCN1C(=O)C(NC(=O)[C@@H](NC(=O)c1cnccn1)C1CCCCC1)C(C)C)C(=O)C(=O)NC1CC1. The number of hydrogen-bond donors (Lipinski definition) is 4. The van der Waals surface area contributed by atoms with Gasteiger partial charge >= 0.3 is 0 Å². The van der Waals surface area contributed by atoms with E-state index in [0.717, 1.165) is 51.4 Å². The van der Waals surface area contributed by atoms with Crippen molar-refractivity contribution in [3.05, 3.63) is 24.3 Å². The highest BCUT2D eigenvalue weighted by Gasteiger charge is 2.45. The van der Waals surface area contributed by atoms with Gasteiger partial charge in [-0.3, -0.25) is 33.8 Å². The fourth-order valence-electron chi connectivity index (χ4n) is 7.02. The third-order valence-electron chi connectivity index (χ3n) is 9.80. The van der Waals surface area contributed by atoms with Crippen LogP contribution in [-0.4, -0.2) is 86.9 Å². The summed E-state index contributed by atoms with van der Waals surface area (Å²) < 4.78 is 0. The molecule has 13 nitrogen and oxygen atoms in total. The van der Waals surface area contributed by atoms with Gasteiger partial charge in [0.2, 0.25) is 23.5 Å². The van der Waals surface area contributed by atoms with Gasteiger partial charge in [0.1, 0.15) is 23.8 Å². The third kappa shape index (κ3) is 9.59. The van der Waals surface area contributed by atoms with Crippen LogP contribution in [0.25, 0.3) is 0 Å². The Balaban J connectivity index is 1.52. The molecule has 0 bridgehead atoms. The standard InChI is InChI=1S/C35H53N7O6/c1-5-10-23-16-19-42(29(23)33(46)39-25(11-6-2)30(43)34(47)38-24-14-15-24)35(48)27(21(3)4)40-32(45)28(22-12-8-7-9-13-22)41-31(44)26-20-36-17-18-37-26/h17-18,20-25,27-29H,5-16,19H2,1-4H3,(H,38,47)(H,39,46)(H,40,45)(H,41,44)/t23-,25?,27?,28-,29?/m0/s1. The number of ketones is 1. The molecule has 1 aromatic rings. The number of carbonyl (C=O) groups is 6. The van der Waals surface area contributed by atoms with E-state index in [9.17, 15) is 28.8 Å². The molecule has 4 rings (SSSR count). The summed E-state index contributed by atoms with van der Waals surface area (Å²) in [4.78, 5) is 90.5. The van der Waals surface area contributed by atoms with Crippen LogP contribution >= 0.6 is 0 Å². The van der Waals surface area contributed by atoms with Gasteiger partial charge in [-0.25, -0.2) is 4.98 Å². The summed E-state index contributed by atoms with van der Waals surface area (Å²) in [6, 6.07) is -3.65. The van der Waals surface area contributed by atoms with Crippen molar-refractivity contribution in [1.82, 2.24) is 36.1 Å². The minimum Gasteiger partial charge on any atom is -0.347 e. The van der Waals surface area contributed by atoms with Crippen molar-refractivity contribution in [3.8, 4) is 0 Å². The molecule has 0 spiro atoms. The largest absolute Gasteiger partial charge is 0.347 e. The van der Waals surface area contributed by atoms with Gasteiger partial charge in [0.05, 0.1) is 12.2 Å². The second-order valence-electron chi connectivity index (χ2n) is 13.9. The van der Waals surface area contributed by atoms with Crippen LogP contribution in [0.15, 0.2) is 18.6 Å². The molecule has 4 N–H and O–H groups in total. The quantitative estimate of drug-likeness (QED) is 0.194. The Hall–Kier alpha value is -3.90. The van der Waals surface area contributed by atoms with Crippen LogP contribution in [0, 0.1) is 17.8 Å². The van der Waals surface area contributed by atoms with E-state index in [1.807, 2.05) is 27.7 Å². The number of Topliss-reactive ketones (excluding diaryl/α,β-unsaturated/α-hetero) is 1. The van der Waals surface area contributed by atoms with Crippen molar-refractivity contribution in [2.45, 2.75) is 135 Å². The summed E-state index contributed by atoms with van der Waals surface area (Å²) in [5.41, 5.74) is 0.0976. The van der Waals surface area contributed by atoms with E-state index in [-0.39, 0.29) is 35.4 Å². The summed E-state index contributed by atoms with van der Waals surface area (Å²) in [5.74, 6) is -3.74. The fraction of sp³-hybridized carbons (Fsp3) is 0.714. The molecule has 0 aromatic carbocycles. The van der Waals surface area contributed by atoms with Gasteiger partial charge in [-0.15, -0.1) is 0 Å². The lowest BCUT2D eigenvalue weighted by Gasteiger charge is -2.35. The number of amides is 5. The van der Waals surface area contributed by atoms with Crippen LogP contribution in [0.3, 0.4) is 0 Å². The van der Waals surface area contributed by atoms with Crippen LogP contribution in [0.2, 0.25) is 0 Å². The van der Waals surface area contributed by atoms with Crippen LogP contribution in [0.4, 0.5) is 0 Å². The van der Waals surface area contributed by atoms with E-state index >= 15 is 0 Å². The van der Waals surface area contributed by atoms with Crippen molar-refractivity contribution >= 4 is 35.3 Å². The first kappa shape index (κ1) is 36.9. The fourth-order valence-corrected chi connectivity index (χ4v) is 7.02. The Morgan fingerprint density at radius 2 is 1.62 bits per heavy atom. The predicted molar refractivity (Wildman–Crippen MR) is 178 cm³/mol. The Morgan fingerprint density at radius 3 is 2.23 bits per heavy atom. The van der Waals surface area contributed by atoms with Crippen molar-refractivity contribution in [2.75, 3.05) is 6.54 Å². The maximum atomic E-state index is 14.3. The minimum absolute atomic E-state index is 0.0116. The monoisotopic (exact) mass is 667 g/mol. The lowest BCUT2D eigenvalue weighted by atomic mass is 9.83. The molecule has 48 heavy (non-hydrogen) atoms. The molecule has 2 heterocycles. The number of hydrogen-bond acceptors (Lipinski definition) is 8. The number of aromatic nitrogens is 2. The molecule has 2 saturated carbocycles. The smallest absolute Gasteiger partial charge is 0.289 e. The number of nitrogens with zero attached hydrogens (tertiary/aromatic N) is 3. The molecule has 5 amide bonds. The van der Waals surface area contributed by atoms with E-state index in [1.165, 1.54) is 23.5 Å². The molecular formula is C35H53N7O6. The second-order valence-corrected chi connectivity index (χ2v) is 13.9. The van der Waals surface area contributed by atoms with Crippen molar-refractivity contribution in [2.24, 2.45) is 17.8 Å². The maximum Gasteiger partial charge on any atom is 0.289 e. The van der Waals surface area contributed by atoms with Crippen LogP contribution in [0.5, 0.6) is 0 Å². The lowest BCUT2D eigenvalue weighted by Crippen LogP contribution is -2.60. The molecule has 2 aliphatic carbocycles. The van der Waals surface area contributed by atoms with Crippen LogP contribution in [-0.2, 0) is 24.0 Å². The van der Waals surface area contributed by atoms with Crippen LogP contribution < -0.4 is 21.3 Å². The number of nitrogens with one attached hydrogen (secondary N) is 4. The van der Waals surface area contributed by atoms with E-state index in [4.69, 9.17) is 0 Å². The first-order valence-electron chi connectivity index (χ1n) is 17.9. The van der Waals surface area contributed by atoms with Gasteiger partial charge in [-0.05, 0) is 62.7 Å². The molecule has 264 valence electrons. The molecule has 5 atom stereocenters. The number of carbonyl (C=O) groups excluding carboxylic acids is 6. The number of likely N-dealkylation sites (tertiary alicyclic amines) is 1. The first-order chi connectivity index (χ1) is 23.0. The number of rotatable bonds is 16. The lowest BCUT2D eigenvalue weighted by molar-refractivity contribution is -0.145. The summed E-state index contributed by atoms with van der Waals surface area (Å²) >= 11 is 0. The first-order valence-corrected chi connectivity index (χ1v) is 17.9. The summed E-state index contributed by atoms with van der Waals surface area (Å²) in [7, 11) is 0. The van der Waals surface area contributed by atoms with Crippen molar-refractivity contribution in [3.63, 3.8) is 0 Å². The summed E-state index contributed by atoms with van der Waals surface area (Å²) in [6.07, 6.45) is 13.4. The average molecular weight is 668 g/mol. The van der Waals surface area contributed by atoms with Crippen molar-refractivity contribution in [1.29, 1.82) is 0 Å². The van der Waals surface area contributed by atoms with Gasteiger partial charge in [0.25, 0.3) is 11.8 Å². The Labute approximate surface area is 283 Å². The van der Waals surface area contributed by atoms with Gasteiger partial charge in [0, 0.05) is 25.0 Å². The molecule has 0 radical (unpaired) electrons. The second kappa shape index (κ2) is 17.5. The molecule has 3 unspecified atom stereocenters. The molecule has 3 aliphatic rings. The Kier molecular flexibility index (Phi) is 13.5.